The van der Waals surface area contributed by atoms with Gasteiger partial charge in [-0.2, -0.15) is 0 Å². The van der Waals surface area contributed by atoms with Gasteiger partial charge in [0.15, 0.2) is 0 Å². The van der Waals surface area contributed by atoms with Gasteiger partial charge in [0.25, 0.3) is 5.91 Å². The summed E-state index contributed by atoms with van der Waals surface area (Å²) < 4.78 is 0. The summed E-state index contributed by atoms with van der Waals surface area (Å²) in [6.45, 7) is 4.73. The first kappa shape index (κ1) is 11.3. The smallest absolute Gasteiger partial charge is 0.263 e. The van der Waals surface area contributed by atoms with E-state index in [4.69, 9.17) is 5.73 Å². The van der Waals surface area contributed by atoms with Gasteiger partial charge >= 0.3 is 0 Å². The molecule has 2 unspecified atom stereocenters. The number of amides is 1. The fourth-order valence-electron chi connectivity index (χ4n) is 1.60. The molecule has 1 saturated carbocycles. The van der Waals surface area contributed by atoms with Crippen LogP contribution in [0, 0.1) is 5.92 Å². The van der Waals surface area contributed by atoms with Gasteiger partial charge in [0.1, 0.15) is 4.88 Å². The van der Waals surface area contributed by atoms with E-state index in [-0.39, 0.29) is 5.91 Å². The lowest BCUT2D eigenvalue weighted by molar-refractivity contribution is 0.0960. The van der Waals surface area contributed by atoms with Crippen LogP contribution in [0.15, 0.2) is 6.07 Å². The van der Waals surface area contributed by atoms with Crippen molar-refractivity contribution in [1.29, 1.82) is 0 Å². The summed E-state index contributed by atoms with van der Waals surface area (Å²) in [5.74, 6) is 0.651. The van der Waals surface area contributed by atoms with Gasteiger partial charge in [0.2, 0.25) is 0 Å². The zero-order valence-electron chi connectivity index (χ0n) is 9.54. The standard InChI is InChI=1S/C11H17N3OS/c1-3-13-11(15)10-7(12)5-9(16-10)14-8-4-6(8)2/h5-6,8,14H,3-4,12H2,1-2H3,(H,13,15). The Morgan fingerprint density at radius 3 is 2.94 bits per heavy atom. The largest absolute Gasteiger partial charge is 0.397 e. The minimum absolute atomic E-state index is 0.0816. The summed E-state index contributed by atoms with van der Waals surface area (Å²) in [5.41, 5.74) is 6.37. The SMILES string of the molecule is CCNC(=O)c1sc(NC2CC2C)cc1N. The highest BCUT2D eigenvalue weighted by Crippen LogP contribution is 2.36. The second-order valence-electron chi connectivity index (χ2n) is 4.22. The molecule has 0 bridgehead atoms. The van der Waals surface area contributed by atoms with E-state index in [9.17, 15) is 4.79 Å². The van der Waals surface area contributed by atoms with Crippen molar-refractivity contribution in [3.8, 4) is 0 Å². The van der Waals surface area contributed by atoms with Gasteiger partial charge < -0.3 is 16.4 Å². The lowest BCUT2D eigenvalue weighted by Gasteiger charge is -2.00. The molecule has 88 valence electrons. The molecule has 2 atom stereocenters. The number of carbonyl (C=O) groups is 1. The van der Waals surface area contributed by atoms with Crippen molar-refractivity contribution in [2.75, 3.05) is 17.6 Å². The van der Waals surface area contributed by atoms with E-state index >= 15 is 0 Å². The number of carbonyl (C=O) groups excluding carboxylic acids is 1. The highest BCUT2D eigenvalue weighted by Gasteiger charge is 2.32. The summed E-state index contributed by atoms with van der Waals surface area (Å²) in [6.07, 6.45) is 1.20. The van der Waals surface area contributed by atoms with Crippen LogP contribution in [0.4, 0.5) is 10.7 Å². The summed E-state index contributed by atoms with van der Waals surface area (Å²) in [7, 11) is 0. The van der Waals surface area contributed by atoms with Gasteiger partial charge in [0, 0.05) is 12.6 Å². The van der Waals surface area contributed by atoms with E-state index in [2.05, 4.69) is 17.6 Å². The van der Waals surface area contributed by atoms with Gasteiger partial charge in [-0.15, -0.1) is 11.3 Å². The lowest BCUT2D eigenvalue weighted by Crippen LogP contribution is -2.22. The second-order valence-corrected chi connectivity index (χ2v) is 5.27. The van der Waals surface area contributed by atoms with Crippen LogP contribution in [0.5, 0.6) is 0 Å². The molecule has 0 spiro atoms. The van der Waals surface area contributed by atoms with E-state index in [1.165, 1.54) is 17.8 Å². The fourth-order valence-corrected chi connectivity index (χ4v) is 2.56. The number of nitrogens with two attached hydrogens (primary N) is 1. The first-order valence-corrected chi connectivity index (χ1v) is 6.37. The van der Waals surface area contributed by atoms with Crippen LogP contribution in [-0.4, -0.2) is 18.5 Å². The highest BCUT2D eigenvalue weighted by atomic mass is 32.1. The molecule has 1 aliphatic rings. The second kappa shape index (κ2) is 4.33. The third kappa shape index (κ3) is 2.29. The first-order valence-electron chi connectivity index (χ1n) is 5.55. The van der Waals surface area contributed by atoms with Crippen LogP contribution in [0.25, 0.3) is 0 Å². The molecular formula is C11H17N3OS. The first-order chi connectivity index (χ1) is 7.61. The van der Waals surface area contributed by atoms with Crippen LogP contribution in [0.3, 0.4) is 0 Å². The monoisotopic (exact) mass is 239 g/mol. The molecule has 2 rings (SSSR count). The molecule has 0 aliphatic heterocycles. The Kier molecular flexibility index (Phi) is 3.05. The predicted octanol–water partition coefficient (Wildman–Crippen LogP) is 1.90. The molecule has 1 fully saturated rings. The maximum absolute atomic E-state index is 11.6. The fraction of sp³-hybridized carbons (Fsp3) is 0.545. The van der Waals surface area contributed by atoms with E-state index in [0.29, 0.717) is 23.2 Å². The van der Waals surface area contributed by atoms with Crippen LogP contribution in [0.1, 0.15) is 29.9 Å². The Balaban J connectivity index is 2.06. The third-order valence-electron chi connectivity index (χ3n) is 2.74. The van der Waals surface area contributed by atoms with Crippen LogP contribution < -0.4 is 16.4 Å². The quantitative estimate of drug-likeness (QED) is 0.751. The van der Waals surface area contributed by atoms with Crippen molar-refractivity contribution in [2.45, 2.75) is 26.3 Å². The summed E-state index contributed by atoms with van der Waals surface area (Å²) in [4.78, 5) is 12.2. The van der Waals surface area contributed by atoms with Gasteiger partial charge in [-0.25, -0.2) is 0 Å². The van der Waals surface area contributed by atoms with Gasteiger partial charge in [-0.3, -0.25) is 4.79 Å². The zero-order chi connectivity index (χ0) is 11.7. The summed E-state index contributed by atoms with van der Waals surface area (Å²) in [6, 6.07) is 2.40. The maximum Gasteiger partial charge on any atom is 0.263 e. The topological polar surface area (TPSA) is 67.2 Å². The molecule has 1 aromatic heterocycles. The highest BCUT2D eigenvalue weighted by molar-refractivity contribution is 7.18. The Labute approximate surface area is 99.2 Å². The average molecular weight is 239 g/mol. The number of hydrogen-bond donors (Lipinski definition) is 3. The average Bonchev–Trinajstić information content (AvgIpc) is 2.75. The molecule has 0 saturated heterocycles. The Morgan fingerprint density at radius 1 is 1.69 bits per heavy atom. The Bertz CT molecular complexity index is 402. The minimum atomic E-state index is -0.0816. The van der Waals surface area contributed by atoms with Crippen LogP contribution in [-0.2, 0) is 0 Å². The van der Waals surface area contributed by atoms with E-state index < -0.39 is 0 Å². The van der Waals surface area contributed by atoms with E-state index in [0.717, 1.165) is 10.9 Å². The molecule has 1 aromatic rings. The van der Waals surface area contributed by atoms with Crippen LogP contribution in [0.2, 0.25) is 0 Å². The normalized spacial score (nSPS) is 22.9. The molecule has 0 radical (unpaired) electrons. The van der Waals surface area contributed by atoms with E-state index in [1.807, 2.05) is 13.0 Å². The maximum atomic E-state index is 11.6. The molecule has 16 heavy (non-hydrogen) atoms. The summed E-state index contributed by atoms with van der Waals surface area (Å²) in [5, 5.41) is 7.13. The third-order valence-corrected chi connectivity index (χ3v) is 3.82. The van der Waals surface area contributed by atoms with Crippen molar-refractivity contribution in [2.24, 2.45) is 5.92 Å². The van der Waals surface area contributed by atoms with Crippen LogP contribution >= 0.6 is 11.3 Å². The van der Waals surface area contributed by atoms with Crippen molar-refractivity contribution in [3.63, 3.8) is 0 Å². The van der Waals surface area contributed by atoms with Gasteiger partial charge in [-0.1, -0.05) is 6.92 Å². The number of rotatable bonds is 4. The molecule has 1 aliphatic carbocycles. The van der Waals surface area contributed by atoms with Crippen molar-refractivity contribution in [1.82, 2.24) is 5.32 Å². The molecule has 0 aromatic carbocycles. The van der Waals surface area contributed by atoms with E-state index in [1.54, 1.807) is 0 Å². The molecule has 1 heterocycles. The number of anilines is 2. The van der Waals surface area contributed by atoms with Crippen molar-refractivity contribution >= 4 is 27.9 Å². The van der Waals surface area contributed by atoms with Crippen molar-refractivity contribution in [3.05, 3.63) is 10.9 Å². The lowest BCUT2D eigenvalue weighted by atomic mass is 10.3. The minimum Gasteiger partial charge on any atom is -0.397 e. The Hall–Kier alpha value is -1.23. The zero-order valence-corrected chi connectivity index (χ0v) is 10.4. The van der Waals surface area contributed by atoms with Gasteiger partial charge in [0.05, 0.1) is 10.7 Å². The number of nitrogen functional groups attached to an aromatic ring is 1. The summed E-state index contributed by atoms with van der Waals surface area (Å²) >= 11 is 1.43. The molecule has 1 amide bonds. The number of thiophene rings is 1. The molecule has 5 heteroatoms. The number of hydrogen-bond acceptors (Lipinski definition) is 4. The predicted molar refractivity (Wildman–Crippen MR) is 67.9 cm³/mol. The molecule has 4 nitrogen and oxygen atoms in total. The Morgan fingerprint density at radius 2 is 2.38 bits per heavy atom. The van der Waals surface area contributed by atoms with Gasteiger partial charge in [-0.05, 0) is 25.3 Å². The molecule has 4 N–H and O–H groups in total. The number of nitrogens with one attached hydrogen (secondary N) is 2. The molecular weight excluding hydrogens is 222 g/mol. The van der Waals surface area contributed by atoms with Crippen molar-refractivity contribution < 1.29 is 4.79 Å².